The van der Waals surface area contributed by atoms with E-state index in [1.165, 1.54) is 7.11 Å². The first-order chi connectivity index (χ1) is 15.6. The maximum absolute atomic E-state index is 11.7. The number of nitrogens with zero attached hydrogens (tertiary/aromatic N) is 2. The van der Waals surface area contributed by atoms with Crippen molar-refractivity contribution in [1.29, 1.82) is 0 Å². The number of esters is 1. The fourth-order valence-electron chi connectivity index (χ4n) is 3.89. The maximum atomic E-state index is 11.7. The Morgan fingerprint density at radius 3 is 2.66 bits per heavy atom. The van der Waals surface area contributed by atoms with Crippen molar-refractivity contribution in [2.24, 2.45) is 0 Å². The molecule has 32 heavy (non-hydrogen) atoms. The summed E-state index contributed by atoms with van der Waals surface area (Å²) in [5.74, 6) is 1.13. The van der Waals surface area contributed by atoms with Crippen LogP contribution in [-0.2, 0) is 9.47 Å². The Hall–Kier alpha value is -3.23. The van der Waals surface area contributed by atoms with Gasteiger partial charge < -0.3 is 24.1 Å². The van der Waals surface area contributed by atoms with E-state index in [2.05, 4.69) is 15.2 Å². The van der Waals surface area contributed by atoms with Crippen LogP contribution in [0.3, 0.4) is 0 Å². The third-order valence-corrected chi connectivity index (χ3v) is 5.81. The number of pyridine rings is 1. The van der Waals surface area contributed by atoms with Gasteiger partial charge in [-0.1, -0.05) is 18.2 Å². The quantitative estimate of drug-likeness (QED) is 0.311. The summed E-state index contributed by atoms with van der Waals surface area (Å²) in [5, 5.41) is 4.08. The van der Waals surface area contributed by atoms with Crippen LogP contribution in [0.5, 0.6) is 0 Å². The number of methoxy groups -OCH3 is 2. The average Bonchev–Trinajstić information content (AvgIpc) is 3.44. The first-order valence-corrected chi connectivity index (χ1v) is 10.8. The van der Waals surface area contributed by atoms with E-state index in [4.69, 9.17) is 26.1 Å². The van der Waals surface area contributed by atoms with E-state index >= 15 is 0 Å². The second kappa shape index (κ2) is 9.93. The highest BCUT2D eigenvalue weighted by Crippen LogP contribution is 2.40. The summed E-state index contributed by atoms with van der Waals surface area (Å²) in [6.07, 6.45) is 2.62. The maximum Gasteiger partial charge on any atom is 0.337 e. The molecule has 0 bridgehead atoms. The number of thiocarbonyl (C=S) groups is 1. The van der Waals surface area contributed by atoms with Crippen molar-refractivity contribution in [2.45, 2.75) is 18.5 Å². The second-order valence-electron chi connectivity index (χ2n) is 7.44. The zero-order chi connectivity index (χ0) is 22.5. The average molecular weight is 452 g/mol. The molecular weight excluding hydrogens is 426 g/mol. The topological polar surface area (TPSA) is 76.8 Å². The molecule has 0 radical (unpaired) electrons. The van der Waals surface area contributed by atoms with Gasteiger partial charge in [0.2, 0.25) is 0 Å². The van der Waals surface area contributed by atoms with Crippen LogP contribution in [0.2, 0.25) is 0 Å². The van der Waals surface area contributed by atoms with E-state index in [0.29, 0.717) is 23.0 Å². The fraction of sp³-hybridized carbons (Fsp3) is 0.292. The Morgan fingerprint density at radius 1 is 1.16 bits per heavy atom. The van der Waals surface area contributed by atoms with Crippen LogP contribution in [0.25, 0.3) is 11.3 Å². The van der Waals surface area contributed by atoms with Gasteiger partial charge in [0.15, 0.2) is 5.11 Å². The molecule has 1 fully saturated rings. The molecule has 0 amide bonds. The Morgan fingerprint density at radius 2 is 1.97 bits per heavy atom. The van der Waals surface area contributed by atoms with Crippen molar-refractivity contribution in [1.82, 2.24) is 15.2 Å². The summed E-state index contributed by atoms with van der Waals surface area (Å²) in [6, 6.07) is 16.6. The standard InChI is InChI=1S/C24H25N3O4S/c1-29-15-5-14-27-22(21(26-24(27)32)18-6-3-4-13-25-18)20-12-11-19(31-20)16-7-9-17(10-8-16)23(28)30-2/h3-4,6-13,21-22H,5,14-15H2,1-2H3,(H,26,32)/t21-,22-/m1/s1. The summed E-state index contributed by atoms with van der Waals surface area (Å²) in [6.45, 7) is 1.38. The van der Waals surface area contributed by atoms with E-state index in [1.807, 2.05) is 42.5 Å². The number of ether oxygens (including phenoxy) is 2. The van der Waals surface area contributed by atoms with Gasteiger partial charge in [0.1, 0.15) is 17.6 Å². The molecule has 4 rings (SSSR count). The first kappa shape index (κ1) is 22.0. The smallest absolute Gasteiger partial charge is 0.337 e. The molecule has 1 aliphatic heterocycles. The Bertz CT molecular complexity index is 1070. The summed E-state index contributed by atoms with van der Waals surface area (Å²) < 4.78 is 16.3. The van der Waals surface area contributed by atoms with Crippen molar-refractivity contribution in [3.8, 4) is 11.3 Å². The molecule has 2 aromatic heterocycles. The number of rotatable bonds is 8. The van der Waals surface area contributed by atoms with Crippen molar-refractivity contribution in [2.75, 3.05) is 27.4 Å². The van der Waals surface area contributed by atoms with Gasteiger partial charge in [-0.15, -0.1) is 0 Å². The van der Waals surface area contributed by atoms with Crippen molar-refractivity contribution in [3.63, 3.8) is 0 Å². The number of carbonyl (C=O) groups is 1. The molecule has 1 aromatic carbocycles. The Balaban J connectivity index is 1.64. The van der Waals surface area contributed by atoms with Crippen molar-refractivity contribution < 1.29 is 18.7 Å². The minimum Gasteiger partial charge on any atom is -0.465 e. The van der Waals surface area contributed by atoms with Gasteiger partial charge in [0.05, 0.1) is 24.4 Å². The highest BCUT2D eigenvalue weighted by molar-refractivity contribution is 7.80. The molecule has 166 valence electrons. The number of hydrogen-bond acceptors (Lipinski definition) is 6. The highest BCUT2D eigenvalue weighted by Gasteiger charge is 2.41. The molecule has 1 aliphatic rings. The van der Waals surface area contributed by atoms with Gasteiger partial charge in [0, 0.05) is 32.0 Å². The van der Waals surface area contributed by atoms with E-state index in [-0.39, 0.29) is 18.1 Å². The summed E-state index contributed by atoms with van der Waals surface area (Å²) >= 11 is 5.66. The number of carbonyl (C=O) groups excluding carboxylic acids is 1. The van der Waals surface area contributed by atoms with Crippen LogP contribution in [0.4, 0.5) is 0 Å². The lowest BCUT2D eigenvalue weighted by Crippen LogP contribution is -2.31. The van der Waals surface area contributed by atoms with E-state index in [0.717, 1.165) is 30.0 Å². The van der Waals surface area contributed by atoms with Crippen LogP contribution >= 0.6 is 12.2 Å². The fourth-order valence-corrected chi connectivity index (χ4v) is 4.22. The van der Waals surface area contributed by atoms with E-state index < -0.39 is 0 Å². The monoisotopic (exact) mass is 451 g/mol. The van der Waals surface area contributed by atoms with Gasteiger partial charge in [-0.2, -0.15) is 0 Å². The summed E-state index contributed by atoms with van der Waals surface area (Å²) in [4.78, 5) is 18.4. The number of aromatic nitrogens is 1. The Labute approximate surface area is 192 Å². The van der Waals surface area contributed by atoms with Crippen molar-refractivity contribution >= 4 is 23.3 Å². The zero-order valence-electron chi connectivity index (χ0n) is 18.0. The predicted molar refractivity (Wildman–Crippen MR) is 124 cm³/mol. The molecule has 3 heterocycles. The minimum absolute atomic E-state index is 0.132. The lowest BCUT2D eigenvalue weighted by atomic mass is 10.0. The van der Waals surface area contributed by atoms with Crippen LogP contribution < -0.4 is 5.32 Å². The van der Waals surface area contributed by atoms with Crippen LogP contribution in [-0.4, -0.2) is 48.3 Å². The van der Waals surface area contributed by atoms with Gasteiger partial charge >= 0.3 is 5.97 Å². The summed E-state index contributed by atoms with van der Waals surface area (Å²) in [7, 11) is 3.06. The van der Waals surface area contributed by atoms with E-state index in [9.17, 15) is 4.79 Å². The molecule has 0 saturated carbocycles. The molecule has 0 unspecified atom stereocenters. The van der Waals surface area contributed by atoms with Crippen LogP contribution in [0.1, 0.15) is 40.3 Å². The van der Waals surface area contributed by atoms with Crippen LogP contribution in [0, 0.1) is 0 Å². The first-order valence-electron chi connectivity index (χ1n) is 10.4. The molecule has 1 saturated heterocycles. The molecule has 7 nitrogen and oxygen atoms in total. The third-order valence-electron chi connectivity index (χ3n) is 5.45. The third kappa shape index (κ3) is 4.51. The van der Waals surface area contributed by atoms with Gasteiger partial charge in [-0.05, 0) is 55.0 Å². The van der Waals surface area contributed by atoms with E-state index in [1.54, 1.807) is 25.4 Å². The zero-order valence-corrected chi connectivity index (χ0v) is 18.8. The number of hydrogen-bond donors (Lipinski definition) is 1. The molecular formula is C24H25N3O4S. The Kier molecular flexibility index (Phi) is 6.82. The molecule has 2 atom stereocenters. The molecule has 1 N–H and O–H groups in total. The summed E-state index contributed by atoms with van der Waals surface area (Å²) in [5.41, 5.74) is 2.26. The second-order valence-corrected chi connectivity index (χ2v) is 7.82. The number of furan rings is 1. The van der Waals surface area contributed by atoms with Gasteiger partial charge in [-0.25, -0.2) is 4.79 Å². The molecule has 8 heteroatoms. The normalized spacial score (nSPS) is 17.9. The highest BCUT2D eigenvalue weighted by atomic mass is 32.1. The predicted octanol–water partition coefficient (Wildman–Crippen LogP) is 4.14. The molecule has 0 aliphatic carbocycles. The van der Waals surface area contributed by atoms with Crippen molar-refractivity contribution in [3.05, 3.63) is 77.8 Å². The lowest BCUT2D eigenvalue weighted by Gasteiger charge is -2.25. The van der Waals surface area contributed by atoms with Gasteiger partial charge in [0.25, 0.3) is 0 Å². The number of benzene rings is 1. The minimum atomic E-state index is -0.368. The van der Waals surface area contributed by atoms with Gasteiger partial charge in [-0.3, -0.25) is 4.98 Å². The molecule has 0 spiro atoms. The lowest BCUT2D eigenvalue weighted by molar-refractivity contribution is 0.0600. The SMILES string of the molecule is COCCCN1C(=S)N[C@H](c2ccccn2)[C@H]1c1ccc(-c2ccc(C(=O)OC)cc2)o1. The number of nitrogens with one attached hydrogen (secondary N) is 1. The van der Waals surface area contributed by atoms with Crippen LogP contribution in [0.15, 0.2) is 65.2 Å². The molecule has 3 aromatic rings. The largest absolute Gasteiger partial charge is 0.465 e.